The zero-order valence-electron chi connectivity index (χ0n) is 14.1. The van der Waals surface area contributed by atoms with Gasteiger partial charge in [-0.15, -0.1) is 35.3 Å². The molecule has 2 N–H and O–H groups in total. The lowest BCUT2D eigenvalue weighted by Gasteiger charge is -2.13. The molecule has 0 fully saturated rings. The van der Waals surface area contributed by atoms with E-state index >= 15 is 0 Å². The fourth-order valence-corrected chi connectivity index (χ4v) is 3.34. The standard InChI is InChI=1S/C16H21BrN4OS.HI/c1-10-11(2)23-15(21-10)9-20-16(18-3)19-8-12-7-13(17)5-6-14(12)22-4;/h5-7H,8-9H2,1-4H3,(H2,18,19,20);1H. The normalized spacial score (nSPS) is 11.0. The van der Waals surface area contributed by atoms with Crippen LogP contribution in [0.25, 0.3) is 0 Å². The first-order valence-electron chi connectivity index (χ1n) is 7.23. The van der Waals surface area contributed by atoms with Crippen molar-refractivity contribution in [1.29, 1.82) is 0 Å². The summed E-state index contributed by atoms with van der Waals surface area (Å²) in [7, 11) is 3.43. The minimum atomic E-state index is 0. The first kappa shape index (κ1) is 21.2. The lowest BCUT2D eigenvalue weighted by Crippen LogP contribution is -2.36. The highest BCUT2D eigenvalue weighted by Gasteiger charge is 2.07. The highest BCUT2D eigenvalue weighted by Crippen LogP contribution is 2.22. The van der Waals surface area contributed by atoms with Crippen LogP contribution in [0.3, 0.4) is 0 Å². The van der Waals surface area contributed by atoms with Gasteiger partial charge >= 0.3 is 0 Å². The number of hydrogen-bond acceptors (Lipinski definition) is 4. The van der Waals surface area contributed by atoms with Gasteiger partial charge in [-0.05, 0) is 32.0 Å². The molecule has 0 amide bonds. The summed E-state index contributed by atoms with van der Waals surface area (Å²) in [6.45, 7) is 5.40. The van der Waals surface area contributed by atoms with E-state index in [4.69, 9.17) is 4.74 Å². The summed E-state index contributed by atoms with van der Waals surface area (Å²) in [4.78, 5) is 10.0. The third-order valence-electron chi connectivity index (χ3n) is 3.39. The van der Waals surface area contributed by atoms with E-state index in [-0.39, 0.29) is 24.0 Å². The van der Waals surface area contributed by atoms with E-state index in [0.717, 1.165) is 32.4 Å². The van der Waals surface area contributed by atoms with Crippen molar-refractivity contribution in [2.75, 3.05) is 14.2 Å². The number of halogens is 2. The van der Waals surface area contributed by atoms with Crippen molar-refractivity contribution in [3.8, 4) is 5.75 Å². The number of guanidine groups is 1. The number of nitrogens with zero attached hydrogens (tertiary/aromatic N) is 2. The van der Waals surface area contributed by atoms with Crippen molar-refractivity contribution in [3.05, 3.63) is 43.8 Å². The molecule has 1 heterocycles. The molecule has 5 nitrogen and oxygen atoms in total. The monoisotopic (exact) mass is 524 g/mol. The molecule has 0 spiro atoms. The van der Waals surface area contributed by atoms with Gasteiger partial charge in [0, 0.05) is 28.5 Å². The number of methoxy groups -OCH3 is 1. The lowest BCUT2D eigenvalue weighted by atomic mass is 10.2. The molecular weight excluding hydrogens is 503 g/mol. The number of rotatable bonds is 5. The van der Waals surface area contributed by atoms with Crippen molar-refractivity contribution in [2.45, 2.75) is 26.9 Å². The van der Waals surface area contributed by atoms with Gasteiger partial charge in [0.05, 0.1) is 19.3 Å². The van der Waals surface area contributed by atoms with Gasteiger partial charge in [0.15, 0.2) is 5.96 Å². The van der Waals surface area contributed by atoms with Crippen molar-refractivity contribution >= 4 is 57.2 Å². The number of hydrogen-bond donors (Lipinski definition) is 2. The van der Waals surface area contributed by atoms with E-state index < -0.39 is 0 Å². The molecule has 0 aliphatic rings. The summed E-state index contributed by atoms with van der Waals surface area (Å²) in [5, 5.41) is 7.64. The van der Waals surface area contributed by atoms with Crippen LogP contribution in [0.15, 0.2) is 27.7 Å². The molecule has 2 aromatic rings. The third-order valence-corrected chi connectivity index (χ3v) is 4.96. The minimum absolute atomic E-state index is 0. The molecule has 1 aromatic heterocycles. The Morgan fingerprint density at radius 3 is 2.58 bits per heavy atom. The van der Waals surface area contributed by atoms with Crippen LogP contribution in [0.5, 0.6) is 5.75 Å². The largest absolute Gasteiger partial charge is 0.496 e. The predicted octanol–water partition coefficient (Wildman–Crippen LogP) is 4.01. The van der Waals surface area contributed by atoms with E-state index in [1.54, 1.807) is 25.5 Å². The van der Waals surface area contributed by atoms with Gasteiger partial charge in [-0.1, -0.05) is 15.9 Å². The van der Waals surface area contributed by atoms with Crippen LogP contribution in [0.2, 0.25) is 0 Å². The Labute approximate surface area is 172 Å². The first-order valence-corrected chi connectivity index (χ1v) is 8.84. The Bertz CT molecular complexity index is 686. The maximum absolute atomic E-state index is 5.38. The zero-order chi connectivity index (χ0) is 16.8. The molecule has 132 valence electrons. The number of thiazole rings is 1. The Hall–Kier alpha value is -0.870. The number of benzene rings is 1. The number of aliphatic imine (C=N–C) groups is 1. The molecule has 0 saturated heterocycles. The number of aryl methyl sites for hydroxylation is 2. The summed E-state index contributed by atoms with van der Waals surface area (Å²) >= 11 is 5.19. The second kappa shape index (κ2) is 10.2. The maximum Gasteiger partial charge on any atom is 0.191 e. The quantitative estimate of drug-likeness (QED) is 0.352. The summed E-state index contributed by atoms with van der Waals surface area (Å²) in [6.07, 6.45) is 0. The summed E-state index contributed by atoms with van der Waals surface area (Å²) in [5.74, 6) is 1.58. The van der Waals surface area contributed by atoms with Crippen LogP contribution in [0.1, 0.15) is 21.1 Å². The van der Waals surface area contributed by atoms with E-state index in [0.29, 0.717) is 13.1 Å². The average Bonchev–Trinajstić information content (AvgIpc) is 2.86. The van der Waals surface area contributed by atoms with Gasteiger partial charge in [-0.3, -0.25) is 4.99 Å². The number of nitrogens with one attached hydrogen (secondary N) is 2. The second-order valence-corrected chi connectivity index (χ2v) is 7.19. The van der Waals surface area contributed by atoms with E-state index in [2.05, 4.69) is 43.5 Å². The van der Waals surface area contributed by atoms with E-state index in [1.165, 1.54) is 4.88 Å². The average molecular weight is 525 g/mol. The van der Waals surface area contributed by atoms with Crippen molar-refractivity contribution in [1.82, 2.24) is 15.6 Å². The molecule has 0 aliphatic heterocycles. The molecule has 8 heteroatoms. The highest BCUT2D eigenvalue weighted by atomic mass is 127. The smallest absolute Gasteiger partial charge is 0.191 e. The molecule has 1 aromatic carbocycles. The summed E-state index contributed by atoms with van der Waals surface area (Å²) in [6, 6.07) is 5.94. The molecule has 0 bridgehead atoms. The van der Waals surface area contributed by atoms with Crippen LogP contribution in [-0.4, -0.2) is 25.1 Å². The summed E-state index contributed by atoms with van der Waals surface area (Å²) < 4.78 is 6.40. The third kappa shape index (κ3) is 5.89. The van der Waals surface area contributed by atoms with Crippen LogP contribution >= 0.6 is 51.2 Å². The Kier molecular flexibility index (Phi) is 8.99. The Morgan fingerprint density at radius 1 is 1.29 bits per heavy atom. The topological polar surface area (TPSA) is 58.5 Å². The molecule has 24 heavy (non-hydrogen) atoms. The molecule has 2 rings (SSSR count). The van der Waals surface area contributed by atoms with Gasteiger partial charge in [-0.2, -0.15) is 0 Å². The molecule has 0 radical (unpaired) electrons. The van der Waals surface area contributed by atoms with Crippen molar-refractivity contribution < 1.29 is 4.74 Å². The summed E-state index contributed by atoms with van der Waals surface area (Å²) in [5.41, 5.74) is 2.15. The lowest BCUT2D eigenvalue weighted by molar-refractivity contribution is 0.409. The predicted molar refractivity (Wildman–Crippen MR) is 115 cm³/mol. The van der Waals surface area contributed by atoms with E-state index in [9.17, 15) is 0 Å². The van der Waals surface area contributed by atoms with Gasteiger partial charge in [0.1, 0.15) is 10.8 Å². The van der Waals surface area contributed by atoms with Crippen molar-refractivity contribution in [3.63, 3.8) is 0 Å². The minimum Gasteiger partial charge on any atom is -0.496 e. The van der Waals surface area contributed by atoms with Crippen LogP contribution in [0.4, 0.5) is 0 Å². The second-order valence-electron chi connectivity index (χ2n) is 4.98. The SMILES string of the molecule is CN=C(NCc1nc(C)c(C)s1)NCc1cc(Br)ccc1OC.I. The van der Waals surface area contributed by atoms with Gasteiger partial charge in [0.25, 0.3) is 0 Å². The molecular formula is C16H22BrIN4OS. The Morgan fingerprint density at radius 2 is 2.00 bits per heavy atom. The Balaban J connectivity index is 0.00000288. The van der Waals surface area contributed by atoms with Crippen LogP contribution in [0, 0.1) is 13.8 Å². The van der Waals surface area contributed by atoms with Crippen LogP contribution < -0.4 is 15.4 Å². The number of ether oxygens (including phenoxy) is 1. The van der Waals surface area contributed by atoms with Crippen molar-refractivity contribution in [2.24, 2.45) is 4.99 Å². The van der Waals surface area contributed by atoms with E-state index in [1.807, 2.05) is 25.1 Å². The van der Waals surface area contributed by atoms with Gasteiger partial charge in [-0.25, -0.2) is 4.98 Å². The molecule has 0 atom stereocenters. The fourth-order valence-electron chi connectivity index (χ4n) is 2.06. The fraction of sp³-hybridized carbons (Fsp3) is 0.375. The van der Waals surface area contributed by atoms with Gasteiger partial charge < -0.3 is 15.4 Å². The molecule has 0 saturated carbocycles. The zero-order valence-corrected chi connectivity index (χ0v) is 18.9. The molecule has 0 unspecified atom stereocenters. The van der Waals surface area contributed by atoms with Crippen LogP contribution in [-0.2, 0) is 13.1 Å². The highest BCUT2D eigenvalue weighted by molar-refractivity contribution is 14.0. The first-order chi connectivity index (χ1) is 11.0. The van der Waals surface area contributed by atoms with Gasteiger partial charge in [0.2, 0.25) is 0 Å². The molecule has 0 aliphatic carbocycles. The number of aromatic nitrogens is 1. The maximum atomic E-state index is 5.38.